The number of benzene rings is 1. The summed E-state index contributed by atoms with van der Waals surface area (Å²) in [6.45, 7) is 1.51. The van der Waals surface area contributed by atoms with E-state index in [0.717, 1.165) is 28.0 Å². The number of rotatable bonds is 7. The largest absolute Gasteiger partial charge is 0.507 e. The first-order valence-corrected chi connectivity index (χ1v) is 12.5. The zero-order valence-electron chi connectivity index (χ0n) is 18.0. The summed E-state index contributed by atoms with van der Waals surface area (Å²) >= 11 is 2.13. The molecule has 1 aromatic carbocycles. The van der Waals surface area contributed by atoms with Gasteiger partial charge in [-0.2, -0.15) is 10.2 Å². The Labute approximate surface area is 202 Å². The molecule has 8 heteroatoms. The van der Waals surface area contributed by atoms with Gasteiger partial charge in [-0.1, -0.05) is 6.07 Å². The average Bonchev–Trinajstić information content (AvgIpc) is 2.78. The minimum atomic E-state index is 0.285. The molecule has 4 bridgehead atoms. The Morgan fingerprint density at radius 2 is 2.00 bits per heavy atom. The van der Waals surface area contributed by atoms with Gasteiger partial charge in [0.25, 0.3) is 0 Å². The number of halogens is 1. The molecule has 0 radical (unpaired) electrons. The molecule has 5 N–H and O–H groups in total. The zero-order valence-corrected chi connectivity index (χ0v) is 20.2. The van der Waals surface area contributed by atoms with Crippen molar-refractivity contribution >= 4 is 34.4 Å². The molecule has 4 fully saturated rings. The number of phenolic OH excluding ortho intramolecular Hbond substituents is 1. The first kappa shape index (κ1) is 21.7. The van der Waals surface area contributed by atoms with E-state index in [-0.39, 0.29) is 5.41 Å². The normalized spacial score (nSPS) is 30.2. The van der Waals surface area contributed by atoms with Gasteiger partial charge in [0.1, 0.15) is 23.2 Å². The third-order valence-electron chi connectivity index (χ3n) is 7.72. The lowest BCUT2D eigenvalue weighted by atomic mass is 9.48. The Kier molecular flexibility index (Phi) is 5.88. The molecule has 4 aliphatic carbocycles. The fourth-order valence-electron chi connectivity index (χ4n) is 6.43. The van der Waals surface area contributed by atoms with Crippen molar-refractivity contribution in [3.8, 4) is 11.8 Å². The summed E-state index contributed by atoms with van der Waals surface area (Å²) < 4.78 is 0.840. The van der Waals surface area contributed by atoms with Crippen molar-refractivity contribution in [2.45, 2.75) is 44.6 Å². The second-order valence-corrected chi connectivity index (χ2v) is 11.1. The van der Waals surface area contributed by atoms with Gasteiger partial charge in [-0.3, -0.25) is 0 Å². The summed E-state index contributed by atoms with van der Waals surface area (Å²) in [5.41, 5.74) is 8.39. The van der Waals surface area contributed by atoms with Crippen LogP contribution in [0.4, 0.5) is 11.8 Å². The summed E-state index contributed by atoms with van der Waals surface area (Å²) in [7, 11) is 0. The van der Waals surface area contributed by atoms with Gasteiger partial charge < -0.3 is 21.5 Å². The van der Waals surface area contributed by atoms with Crippen molar-refractivity contribution in [3.05, 3.63) is 39.1 Å². The van der Waals surface area contributed by atoms with Crippen molar-refractivity contribution in [2.75, 3.05) is 23.7 Å². The Balaban J connectivity index is 1.23. The highest BCUT2D eigenvalue weighted by Crippen LogP contribution is 2.59. The topological polar surface area (TPSA) is 120 Å². The first-order valence-electron chi connectivity index (χ1n) is 11.4. The van der Waals surface area contributed by atoms with Crippen LogP contribution in [-0.4, -0.2) is 34.2 Å². The van der Waals surface area contributed by atoms with Crippen LogP contribution in [0.25, 0.3) is 0 Å². The molecular formula is C24H29IN6O. The molecule has 4 aliphatic rings. The van der Waals surface area contributed by atoms with E-state index in [2.05, 4.69) is 49.3 Å². The molecule has 0 spiro atoms. The second kappa shape index (κ2) is 8.67. The molecule has 0 amide bonds. The van der Waals surface area contributed by atoms with Crippen LogP contribution in [0.2, 0.25) is 0 Å². The van der Waals surface area contributed by atoms with Crippen LogP contribution in [0.15, 0.2) is 24.4 Å². The maximum Gasteiger partial charge on any atom is 0.224 e. The summed E-state index contributed by atoms with van der Waals surface area (Å²) in [6.07, 6.45) is 8.63. The van der Waals surface area contributed by atoms with E-state index in [1.807, 2.05) is 12.1 Å². The van der Waals surface area contributed by atoms with Crippen LogP contribution in [-0.2, 0) is 6.42 Å². The highest BCUT2D eigenvalue weighted by atomic mass is 127. The van der Waals surface area contributed by atoms with Crippen LogP contribution >= 0.6 is 22.6 Å². The van der Waals surface area contributed by atoms with Gasteiger partial charge in [-0.15, -0.1) is 0 Å². The fourth-order valence-corrected chi connectivity index (χ4v) is 7.01. The minimum absolute atomic E-state index is 0.285. The molecular weight excluding hydrogens is 515 g/mol. The predicted octanol–water partition coefficient (Wildman–Crippen LogP) is 3.88. The quantitative estimate of drug-likeness (QED) is 0.391. The maximum absolute atomic E-state index is 9.67. The van der Waals surface area contributed by atoms with Crippen LogP contribution in [0, 0.1) is 38.1 Å². The van der Waals surface area contributed by atoms with Crippen LogP contribution in [0.3, 0.4) is 0 Å². The molecule has 168 valence electrons. The molecule has 32 heavy (non-hydrogen) atoms. The number of nitrogens with one attached hydrogen (secondary N) is 2. The van der Waals surface area contributed by atoms with Crippen LogP contribution < -0.4 is 16.4 Å². The van der Waals surface area contributed by atoms with Gasteiger partial charge in [-0.25, -0.2) is 4.98 Å². The van der Waals surface area contributed by atoms with Gasteiger partial charge in [0.15, 0.2) is 0 Å². The Morgan fingerprint density at radius 1 is 1.22 bits per heavy atom. The van der Waals surface area contributed by atoms with Gasteiger partial charge in [0, 0.05) is 19.1 Å². The van der Waals surface area contributed by atoms with Crippen LogP contribution in [0.1, 0.15) is 43.2 Å². The average molecular weight is 544 g/mol. The number of nitrogens with zero attached hydrogens (tertiary/aromatic N) is 3. The van der Waals surface area contributed by atoms with Crippen molar-refractivity contribution in [2.24, 2.45) is 28.9 Å². The third kappa shape index (κ3) is 4.25. The van der Waals surface area contributed by atoms with Gasteiger partial charge >= 0.3 is 0 Å². The molecule has 1 unspecified atom stereocenters. The molecule has 1 aromatic heterocycles. The summed E-state index contributed by atoms with van der Waals surface area (Å²) in [6, 6.07) is 8.21. The van der Waals surface area contributed by atoms with E-state index < -0.39 is 0 Å². The predicted molar refractivity (Wildman–Crippen MR) is 132 cm³/mol. The lowest BCUT2D eigenvalue weighted by molar-refractivity contribution is -0.0591. The summed E-state index contributed by atoms with van der Waals surface area (Å²) in [5, 5.41) is 26.0. The number of nitrogens with two attached hydrogens (primary N) is 1. The number of anilines is 2. The highest BCUT2D eigenvalue weighted by molar-refractivity contribution is 14.1. The van der Waals surface area contributed by atoms with E-state index >= 15 is 0 Å². The summed E-state index contributed by atoms with van der Waals surface area (Å²) in [5.74, 6) is 3.56. The van der Waals surface area contributed by atoms with E-state index in [4.69, 9.17) is 5.73 Å². The number of nitriles is 1. The SMILES string of the molecule is N#Cc1cnc(NCCc2ccc(O)c(I)c2)nc1NC[C@]12CC3C[C@H](C1)[C@@H](N)[C@@H](C3)C2. The molecule has 4 saturated carbocycles. The van der Waals surface area contributed by atoms with E-state index in [1.165, 1.54) is 32.1 Å². The lowest BCUT2D eigenvalue weighted by Gasteiger charge is -2.59. The second-order valence-electron chi connectivity index (χ2n) is 9.93. The van der Waals surface area contributed by atoms with Crippen molar-refractivity contribution in [1.29, 1.82) is 5.26 Å². The molecule has 6 rings (SSSR count). The standard InChI is InChI=1S/C24H29IN6O/c25-19-7-14(1-2-20(19)32)3-4-28-23-29-12-18(11-26)22(31-23)30-13-24-8-15-5-16(9-24)21(27)17(6-15)10-24/h1-2,7,12,15-17,21,32H,3-6,8-10,13,27H2,(H2,28,29,30,31)/t15?,16-,17+,21-,24-. The van der Waals surface area contributed by atoms with Crippen molar-refractivity contribution in [1.82, 2.24) is 9.97 Å². The molecule has 2 aromatic rings. The Bertz CT molecular complexity index is 1040. The number of hydrogen-bond acceptors (Lipinski definition) is 7. The van der Waals surface area contributed by atoms with Crippen LogP contribution in [0.5, 0.6) is 5.75 Å². The van der Waals surface area contributed by atoms with E-state index in [0.29, 0.717) is 47.5 Å². The molecule has 7 nitrogen and oxygen atoms in total. The Hall–Kier alpha value is -2.12. The van der Waals surface area contributed by atoms with Gasteiger partial charge in [0.05, 0.1) is 9.77 Å². The lowest BCUT2D eigenvalue weighted by Crippen LogP contribution is -2.58. The Morgan fingerprint density at radius 3 is 2.72 bits per heavy atom. The van der Waals surface area contributed by atoms with Gasteiger partial charge in [-0.05, 0) is 102 Å². The van der Waals surface area contributed by atoms with Gasteiger partial charge in [0.2, 0.25) is 5.95 Å². The molecule has 0 aliphatic heterocycles. The molecule has 1 heterocycles. The van der Waals surface area contributed by atoms with E-state index in [1.54, 1.807) is 12.3 Å². The first-order chi connectivity index (χ1) is 15.4. The third-order valence-corrected chi connectivity index (χ3v) is 8.59. The molecule has 5 atom stereocenters. The number of aromatic nitrogens is 2. The smallest absolute Gasteiger partial charge is 0.224 e. The minimum Gasteiger partial charge on any atom is -0.507 e. The number of aromatic hydroxyl groups is 1. The van der Waals surface area contributed by atoms with Crippen molar-refractivity contribution in [3.63, 3.8) is 0 Å². The molecule has 0 saturated heterocycles. The van der Waals surface area contributed by atoms with E-state index in [9.17, 15) is 10.4 Å². The number of hydrogen-bond donors (Lipinski definition) is 4. The fraction of sp³-hybridized carbons (Fsp3) is 0.542. The monoisotopic (exact) mass is 544 g/mol. The zero-order chi connectivity index (χ0) is 22.3. The maximum atomic E-state index is 9.67. The van der Waals surface area contributed by atoms with Crippen molar-refractivity contribution < 1.29 is 5.11 Å². The number of phenols is 1. The highest BCUT2D eigenvalue weighted by Gasteiger charge is 2.54. The summed E-state index contributed by atoms with van der Waals surface area (Å²) in [4.78, 5) is 8.93.